The second-order valence-corrected chi connectivity index (χ2v) is 10.5. The Morgan fingerprint density at radius 2 is 1.81 bits per heavy atom. The second kappa shape index (κ2) is 11.4. The van der Waals surface area contributed by atoms with Crippen molar-refractivity contribution in [3.8, 4) is 11.5 Å². The van der Waals surface area contributed by atoms with E-state index < -0.39 is 0 Å². The first kappa shape index (κ1) is 25.4. The predicted molar refractivity (Wildman–Crippen MR) is 156 cm³/mol. The maximum atomic E-state index is 12.6. The van der Waals surface area contributed by atoms with Crippen LogP contribution in [0.25, 0.3) is 16.8 Å². The van der Waals surface area contributed by atoms with Crippen LogP contribution in [-0.4, -0.2) is 17.7 Å². The lowest BCUT2D eigenvalue weighted by atomic mass is 10.1. The quantitative estimate of drug-likeness (QED) is 0.220. The summed E-state index contributed by atoms with van der Waals surface area (Å²) in [6.45, 7) is 2.79. The molecule has 4 aromatic rings. The Hall–Kier alpha value is -3.26. The molecule has 0 spiro atoms. The van der Waals surface area contributed by atoms with Gasteiger partial charge in [0.15, 0.2) is 16.7 Å². The summed E-state index contributed by atoms with van der Waals surface area (Å²) in [7, 11) is 0. The molecule has 1 saturated heterocycles. The van der Waals surface area contributed by atoms with E-state index in [0.717, 1.165) is 21.0 Å². The Morgan fingerprint density at radius 1 is 1.03 bits per heavy atom. The van der Waals surface area contributed by atoms with Crippen LogP contribution in [0, 0.1) is 0 Å². The van der Waals surface area contributed by atoms with E-state index in [4.69, 9.17) is 21.1 Å². The zero-order valence-electron chi connectivity index (χ0n) is 19.8. The van der Waals surface area contributed by atoms with Gasteiger partial charge in [0.2, 0.25) is 0 Å². The van der Waals surface area contributed by atoms with Crippen molar-refractivity contribution in [2.75, 3.05) is 6.61 Å². The third-order valence-corrected chi connectivity index (χ3v) is 7.34. The van der Waals surface area contributed by atoms with Gasteiger partial charge in [-0.25, -0.2) is 4.99 Å². The maximum absolute atomic E-state index is 12.6. The number of amidine groups is 1. The molecule has 1 N–H and O–H groups in total. The first-order valence-corrected chi connectivity index (χ1v) is 13.6. The lowest BCUT2D eigenvalue weighted by Crippen LogP contribution is -2.19. The van der Waals surface area contributed by atoms with Crippen LogP contribution in [-0.2, 0) is 11.4 Å². The highest BCUT2D eigenvalue weighted by molar-refractivity contribution is 9.10. The van der Waals surface area contributed by atoms with Crippen LogP contribution >= 0.6 is 39.3 Å². The van der Waals surface area contributed by atoms with Crippen molar-refractivity contribution in [2.24, 2.45) is 4.99 Å². The lowest BCUT2D eigenvalue weighted by Gasteiger charge is -2.15. The van der Waals surface area contributed by atoms with Gasteiger partial charge in [0.1, 0.15) is 6.61 Å². The van der Waals surface area contributed by atoms with E-state index >= 15 is 0 Å². The van der Waals surface area contributed by atoms with Crippen molar-refractivity contribution in [2.45, 2.75) is 13.5 Å². The van der Waals surface area contributed by atoms with Gasteiger partial charge in [0.05, 0.1) is 21.7 Å². The molecule has 1 heterocycles. The van der Waals surface area contributed by atoms with Gasteiger partial charge in [-0.05, 0) is 99.0 Å². The Labute approximate surface area is 232 Å². The number of benzene rings is 4. The van der Waals surface area contributed by atoms with E-state index in [1.165, 1.54) is 17.1 Å². The van der Waals surface area contributed by atoms with Crippen molar-refractivity contribution >= 4 is 72.9 Å². The van der Waals surface area contributed by atoms with E-state index in [0.29, 0.717) is 45.5 Å². The number of nitrogens with one attached hydrogen (secondary N) is 1. The van der Waals surface area contributed by atoms with Crippen molar-refractivity contribution in [1.82, 2.24) is 5.32 Å². The molecule has 0 aromatic heterocycles. The van der Waals surface area contributed by atoms with E-state index in [9.17, 15) is 4.79 Å². The molecule has 5 nitrogen and oxygen atoms in total. The fourth-order valence-corrected chi connectivity index (χ4v) is 5.45. The molecule has 5 rings (SSSR count). The lowest BCUT2D eigenvalue weighted by molar-refractivity contribution is -0.115. The molecule has 8 heteroatoms. The SMILES string of the molecule is CCOc1cc(/C=C2/SC(=Nc3ccc(Cl)cc3)NC2=O)cc(Br)c1OCc1cccc2ccccc12. The third kappa shape index (κ3) is 6.01. The third-order valence-electron chi connectivity index (χ3n) is 5.59. The standard InChI is InChI=1S/C29H22BrClN2O3S/c1-2-35-25-15-18(16-26-28(34)33-29(37-26)32-22-12-10-21(31)11-13-22)14-24(30)27(25)36-17-20-8-5-7-19-6-3-4-9-23(19)20/h3-16H,2,17H2,1H3,(H,32,33,34)/b26-16+. The highest BCUT2D eigenvalue weighted by atomic mass is 79.9. The number of thioether (sulfide) groups is 1. The van der Waals surface area contributed by atoms with Crippen molar-refractivity contribution in [3.63, 3.8) is 0 Å². The van der Waals surface area contributed by atoms with Gasteiger partial charge < -0.3 is 14.8 Å². The van der Waals surface area contributed by atoms with Crippen LogP contribution in [0.15, 0.2) is 93.2 Å². The molecule has 4 aromatic carbocycles. The van der Waals surface area contributed by atoms with E-state index in [-0.39, 0.29) is 5.91 Å². The van der Waals surface area contributed by atoms with Gasteiger partial charge in [-0.3, -0.25) is 4.79 Å². The van der Waals surface area contributed by atoms with Crippen LogP contribution < -0.4 is 14.8 Å². The number of ether oxygens (including phenoxy) is 2. The first-order valence-electron chi connectivity index (χ1n) is 11.6. The minimum atomic E-state index is -0.205. The summed E-state index contributed by atoms with van der Waals surface area (Å²) >= 11 is 10.9. The molecular weight excluding hydrogens is 572 g/mol. The smallest absolute Gasteiger partial charge is 0.264 e. The number of fused-ring (bicyclic) bond motifs is 1. The highest BCUT2D eigenvalue weighted by Crippen LogP contribution is 2.39. The predicted octanol–water partition coefficient (Wildman–Crippen LogP) is 8.13. The monoisotopic (exact) mass is 592 g/mol. The number of carbonyl (C=O) groups is 1. The molecule has 1 fully saturated rings. The fourth-order valence-electron chi connectivity index (χ4n) is 3.91. The van der Waals surface area contributed by atoms with Gasteiger partial charge >= 0.3 is 0 Å². The van der Waals surface area contributed by atoms with Crippen LogP contribution in [0.1, 0.15) is 18.1 Å². The summed E-state index contributed by atoms with van der Waals surface area (Å²) in [6, 6.07) is 25.3. The molecule has 0 bridgehead atoms. The van der Waals surface area contributed by atoms with Crippen LogP contribution in [0.2, 0.25) is 5.02 Å². The van der Waals surface area contributed by atoms with Gasteiger partial charge in [0.25, 0.3) is 5.91 Å². The Kier molecular flexibility index (Phi) is 7.84. The minimum Gasteiger partial charge on any atom is -0.490 e. The molecule has 0 aliphatic carbocycles. The number of aliphatic imine (C=N–C) groups is 1. The molecule has 1 amide bonds. The van der Waals surface area contributed by atoms with Gasteiger partial charge in [0, 0.05) is 5.02 Å². The number of nitrogens with zero attached hydrogens (tertiary/aromatic N) is 1. The fraction of sp³-hybridized carbons (Fsp3) is 0.103. The summed E-state index contributed by atoms with van der Waals surface area (Å²) in [5.74, 6) is 1.01. The van der Waals surface area contributed by atoms with Crippen molar-refractivity contribution in [3.05, 3.63) is 104 Å². The molecule has 186 valence electrons. The summed E-state index contributed by atoms with van der Waals surface area (Å²) in [4.78, 5) is 17.6. The van der Waals surface area contributed by atoms with Gasteiger partial charge in [-0.1, -0.05) is 54.1 Å². The zero-order chi connectivity index (χ0) is 25.8. The van der Waals surface area contributed by atoms with Crippen molar-refractivity contribution < 1.29 is 14.3 Å². The van der Waals surface area contributed by atoms with Gasteiger partial charge in [-0.2, -0.15) is 0 Å². The molecular formula is C29H22BrClN2O3S. The number of amides is 1. The first-order chi connectivity index (χ1) is 18.0. The molecule has 0 atom stereocenters. The maximum Gasteiger partial charge on any atom is 0.264 e. The largest absolute Gasteiger partial charge is 0.490 e. The number of halogens is 2. The zero-order valence-corrected chi connectivity index (χ0v) is 23.0. The summed E-state index contributed by atoms with van der Waals surface area (Å²) in [5, 5.41) is 6.28. The molecule has 1 aliphatic rings. The Balaban J connectivity index is 1.38. The summed E-state index contributed by atoms with van der Waals surface area (Å²) in [5.41, 5.74) is 2.60. The van der Waals surface area contributed by atoms with Crippen molar-refractivity contribution in [1.29, 1.82) is 0 Å². The number of carbonyl (C=O) groups excluding carboxylic acids is 1. The Morgan fingerprint density at radius 3 is 2.62 bits per heavy atom. The molecule has 37 heavy (non-hydrogen) atoms. The minimum absolute atomic E-state index is 0.205. The normalized spacial score (nSPS) is 15.4. The Bertz CT molecular complexity index is 1530. The second-order valence-electron chi connectivity index (χ2n) is 8.15. The molecule has 1 aliphatic heterocycles. The molecule has 0 radical (unpaired) electrons. The average Bonchev–Trinajstić information content (AvgIpc) is 3.23. The number of hydrogen-bond donors (Lipinski definition) is 1. The topological polar surface area (TPSA) is 59.9 Å². The van der Waals surface area contributed by atoms with E-state index in [2.05, 4.69) is 50.5 Å². The average molecular weight is 594 g/mol. The number of rotatable bonds is 7. The van der Waals surface area contributed by atoms with E-state index in [1.54, 1.807) is 24.3 Å². The van der Waals surface area contributed by atoms with E-state index in [1.807, 2.05) is 43.3 Å². The highest BCUT2D eigenvalue weighted by Gasteiger charge is 2.24. The summed E-state index contributed by atoms with van der Waals surface area (Å²) in [6.07, 6.45) is 1.81. The van der Waals surface area contributed by atoms with Crippen LogP contribution in [0.3, 0.4) is 0 Å². The number of hydrogen-bond acceptors (Lipinski definition) is 5. The van der Waals surface area contributed by atoms with Crippen LogP contribution in [0.4, 0.5) is 5.69 Å². The molecule has 0 unspecified atom stereocenters. The molecule has 0 saturated carbocycles. The van der Waals surface area contributed by atoms with Crippen LogP contribution in [0.5, 0.6) is 11.5 Å². The summed E-state index contributed by atoms with van der Waals surface area (Å²) < 4.78 is 12.9. The van der Waals surface area contributed by atoms with Gasteiger partial charge in [-0.15, -0.1) is 0 Å².